The van der Waals surface area contributed by atoms with Gasteiger partial charge < -0.3 is 10.1 Å². The highest BCUT2D eigenvalue weighted by atomic mass is 79.9. The molecular weight excluding hydrogens is 326 g/mol. The van der Waals surface area contributed by atoms with E-state index in [0.29, 0.717) is 0 Å². The number of nitrogens with one attached hydrogen (secondary N) is 1. The first kappa shape index (κ1) is 16.1. The monoisotopic (exact) mass is 347 g/mol. The summed E-state index contributed by atoms with van der Waals surface area (Å²) in [7, 11) is 1.98. The van der Waals surface area contributed by atoms with E-state index in [1.54, 1.807) is 0 Å². The summed E-state index contributed by atoms with van der Waals surface area (Å²) in [6, 6.07) is 14.7. The third-order valence-electron chi connectivity index (χ3n) is 3.34. The van der Waals surface area contributed by atoms with Gasteiger partial charge in [0.05, 0.1) is 12.1 Å². The lowest BCUT2D eigenvalue weighted by atomic mass is 9.96. The zero-order chi connectivity index (χ0) is 15.4. The van der Waals surface area contributed by atoms with Crippen LogP contribution in [0.25, 0.3) is 0 Å². The number of hydrogen-bond donors (Lipinski definition) is 1. The molecule has 2 aromatic rings. The van der Waals surface area contributed by atoms with Crippen molar-refractivity contribution in [3.63, 3.8) is 0 Å². The summed E-state index contributed by atoms with van der Waals surface area (Å²) < 4.78 is 7.07. The number of benzene rings is 2. The third kappa shape index (κ3) is 3.86. The Hall–Kier alpha value is -1.32. The van der Waals surface area contributed by atoms with Crippen LogP contribution < -0.4 is 10.1 Å². The van der Waals surface area contributed by atoms with Crippen LogP contribution in [0.4, 0.5) is 0 Å². The maximum atomic E-state index is 5.96. The van der Waals surface area contributed by atoms with Crippen molar-refractivity contribution >= 4 is 15.9 Å². The number of halogens is 1. The molecule has 2 rings (SSSR count). The number of para-hydroxylation sites is 1. The van der Waals surface area contributed by atoms with Crippen molar-refractivity contribution in [2.75, 3.05) is 7.05 Å². The minimum atomic E-state index is 0.0919. The summed E-state index contributed by atoms with van der Waals surface area (Å²) in [4.78, 5) is 0. The van der Waals surface area contributed by atoms with Gasteiger partial charge in [0.1, 0.15) is 5.75 Å². The highest BCUT2D eigenvalue weighted by Crippen LogP contribution is 2.34. The average Bonchev–Trinajstić information content (AvgIpc) is 2.44. The molecule has 21 heavy (non-hydrogen) atoms. The number of aryl methyl sites for hydroxylation is 1. The standard InChI is InChI=1S/C18H22BrNO/c1-12(2)21-17-8-6-5-7-14(17)18(20-4)15-11-13(3)9-10-16(15)19/h5-12,18,20H,1-4H3. The zero-order valence-electron chi connectivity index (χ0n) is 13.0. The lowest BCUT2D eigenvalue weighted by Gasteiger charge is -2.23. The van der Waals surface area contributed by atoms with Gasteiger partial charge in [-0.25, -0.2) is 0 Å². The number of hydrogen-bond acceptors (Lipinski definition) is 2. The fraction of sp³-hybridized carbons (Fsp3) is 0.333. The minimum absolute atomic E-state index is 0.0919. The van der Waals surface area contributed by atoms with Crippen LogP contribution in [-0.2, 0) is 0 Å². The van der Waals surface area contributed by atoms with Crippen LogP contribution in [0, 0.1) is 6.92 Å². The maximum absolute atomic E-state index is 5.96. The summed E-state index contributed by atoms with van der Waals surface area (Å²) >= 11 is 3.66. The number of rotatable bonds is 5. The Labute approximate surface area is 135 Å². The van der Waals surface area contributed by atoms with Gasteiger partial charge in [-0.2, -0.15) is 0 Å². The van der Waals surface area contributed by atoms with Crippen molar-refractivity contribution in [2.24, 2.45) is 0 Å². The molecule has 112 valence electrons. The van der Waals surface area contributed by atoms with Crippen LogP contribution in [0.5, 0.6) is 5.75 Å². The van der Waals surface area contributed by atoms with E-state index in [4.69, 9.17) is 4.74 Å². The SMILES string of the molecule is CNC(c1cc(C)ccc1Br)c1ccccc1OC(C)C. The van der Waals surface area contributed by atoms with Gasteiger partial charge in [0, 0.05) is 10.0 Å². The normalized spacial score (nSPS) is 12.5. The topological polar surface area (TPSA) is 21.3 Å². The van der Waals surface area contributed by atoms with Crippen molar-refractivity contribution in [3.05, 3.63) is 63.6 Å². The van der Waals surface area contributed by atoms with Gasteiger partial charge >= 0.3 is 0 Å². The Balaban J connectivity index is 2.49. The molecule has 2 aromatic carbocycles. The molecule has 0 aliphatic heterocycles. The Bertz CT molecular complexity index is 610. The molecule has 1 unspecified atom stereocenters. The van der Waals surface area contributed by atoms with Gasteiger partial charge in [0.2, 0.25) is 0 Å². The Morgan fingerprint density at radius 2 is 1.76 bits per heavy atom. The predicted octanol–water partition coefficient (Wildman–Crippen LogP) is 4.85. The van der Waals surface area contributed by atoms with Crippen LogP contribution in [0.2, 0.25) is 0 Å². The van der Waals surface area contributed by atoms with Crippen LogP contribution in [0.1, 0.15) is 36.6 Å². The second-order valence-corrected chi connectivity index (χ2v) is 6.31. The fourth-order valence-electron chi connectivity index (χ4n) is 2.44. The molecule has 1 atom stereocenters. The smallest absolute Gasteiger partial charge is 0.124 e. The van der Waals surface area contributed by atoms with Crippen LogP contribution in [0.15, 0.2) is 46.9 Å². The lowest BCUT2D eigenvalue weighted by Crippen LogP contribution is -2.20. The second kappa shape index (κ2) is 7.10. The van der Waals surface area contributed by atoms with Crippen LogP contribution in [0.3, 0.4) is 0 Å². The maximum Gasteiger partial charge on any atom is 0.124 e. The highest BCUT2D eigenvalue weighted by Gasteiger charge is 2.19. The fourth-order valence-corrected chi connectivity index (χ4v) is 2.92. The molecular formula is C18H22BrNO. The van der Waals surface area contributed by atoms with E-state index in [0.717, 1.165) is 15.8 Å². The predicted molar refractivity (Wildman–Crippen MR) is 92.0 cm³/mol. The lowest BCUT2D eigenvalue weighted by molar-refractivity contribution is 0.238. The van der Waals surface area contributed by atoms with Gasteiger partial charge in [0.15, 0.2) is 0 Å². The van der Waals surface area contributed by atoms with Gasteiger partial charge in [0.25, 0.3) is 0 Å². The quantitative estimate of drug-likeness (QED) is 0.834. The van der Waals surface area contributed by atoms with Crippen molar-refractivity contribution in [3.8, 4) is 5.75 Å². The summed E-state index contributed by atoms with van der Waals surface area (Å²) in [5, 5.41) is 3.41. The molecule has 0 saturated carbocycles. The molecule has 0 saturated heterocycles. The first-order valence-electron chi connectivity index (χ1n) is 7.21. The summed E-state index contributed by atoms with van der Waals surface area (Å²) in [5.41, 5.74) is 3.62. The van der Waals surface area contributed by atoms with Gasteiger partial charge in [-0.1, -0.05) is 51.8 Å². The van der Waals surface area contributed by atoms with Crippen molar-refractivity contribution < 1.29 is 4.74 Å². The first-order valence-corrected chi connectivity index (χ1v) is 8.01. The first-order chi connectivity index (χ1) is 10.0. The van der Waals surface area contributed by atoms with E-state index in [-0.39, 0.29) is 12.1 Å². The molecule has 0 aromatic heterocycles. The van der Waals surface area contributed by atoms with E-state index >= 15 is 0 Å². The second-order valence-electron chi connectivity index (χ2n) is 5.45. The van der Waals surface area contributed by atoms with Gasteiger partial charge in [-0.15, -0.1) is 0 Å². The van der Waals surface area contributed by atoms with Crippen LogP contribution >= 0.6 is 15.9 Å². The summed E-state index contributed by atoms with van der Waals surface area (Å²) in [6.07, 6.45) is 0.157. The van der Waals surface area contributed by atoms with E-state index in [1.807, 2.05) is 33.0 Å². The molecule has 0 fully saturated rings. The Kier molecular flexibility index (Phi) is 5.43. The molecule has 0 radical (unpaired) electrons. The average molecular weight is 348 g/mol. The van der Waals surface area contributed by atoms with E-state index in [1.165, 1.54) is 11.1 Å². The Morgan fingerprint density at radius 3 is 2.43 bits per heavy atom. The molecule has 3 heteroatoms. The summed E-state index contributed by atoms with van der Waals surface area (Å²) in [5.74, 6) is 0.931. The molecule has 0 amide bonds. The molecule has 2 nitrogen and oxygen atoms in total. The van der Waals surface area contributed by atoms with E-state index in [9.17, 15) is 0 Å². The number of ether oxygens (including phenoxy) is 1. The molecule has 0 bridgehead atoms. The van der Waals surface area contributed by atoms with E-state index in [2.05, 4.69) is 58.5 Å². The molecule has 1 N–H and O–H groups in total. The van der Waals surface area contributed by atoms with E-state index < -0.39 is 0 Å². The van der Waals surface area contributed by atoms with Gasteiger partial charge in [-0.05, 0) is 45.5 Å². The van der Waals surface area contributed by atoms with Gasteiger partial charge in [-0.3, -0.25) is 0 Å². The highest BCUT2D eigenvalue weighted by molar-refractivity contribution is 9.10. The molecule has 0 spiro atoms. The zero-order valence-corrected chi connectivity index (χ0v) is 14.6. The van der Waals surface area contributed by atoms with Crippen molar-refractivity contribution in [1.29, 1.82) is 0 Å². The molecule has 0 heterocycles. The summed E-state index contributed by atoms with van der Waals surface area (Å²) in [6.45, 7) is 6.21. The molecule has 0 aliphatic carbocycles. The third-order valence-corrected chi connectivity index (χ3v) is 4.07. The van der Waals surface area contributed by atoms with Crippen molar-refractivity contribution in [2.45, 2.75) is 32.9 Å². The van der Waals surface area contributed by atoms with Crippen LogP contribution in [-0.4, -0.2) is 13.2 Å². The largest absolute Gasteiger partial charge is 0.491 e. The minimum Gasteiger partial charge on any atom is -0.491 e. The van der Waals surface area contributed by atoms with Crippen molar-refractivity contribution in [1.82, 2.24) is 5.32 Å². The Morgan fingerprint density at radius 1 is 1.05 bits per heavy atom. The molecule has 0 aliphatic rings.